The van der Waals surface area contributed by atoms with E-state index in [1.54, 1.807) is 0 Å². The minimum atomic E-state index is 0.335. The molecule has 0 bridgehead atoms. The van der Waals surface area contributed by atoms with Crippen LogP contribution < -0.4 is 10.6 Å². The lowest BCUT2D eigenvalue weighted by Crippen LogP contribution is -2.40. The SMILES string of the molecule is CCCc1cc(N2CCC(N)CC2)nc(-c2ccccc2)n1. The van der Waals surface area contributed by atoms with Gasteiger partial charge in [0.25, 0.3) is 0 Å². The first-order chi connectivity index (χ1) is 10.8. The van der Waals surface area contributed by atoms with Gasteiger partial charge in [0.1, 0.15) is 5.82 Å². The minimum absolute atomic E-state index is 0.335. The Kier molecular flexibility index (Phi) is 4.68. The number of nitrogens with zero attached hydrogens (tertiary/aromatic N) is 3. The number of aryl methyl sites for hydroxylation is 1. The van der Waals surface area contributed by atoms with Gasteiger partial charge in [-0.1, -0.05) is 43.7 Å². The molecule has 0 radical (unpaired) electrons. The summed E-state index contributed by atoms with van der Waals surface area (Å²) in [7, 11) is 0. The first kappa shape index (κ1) is 15.0. The Bertz CT molecular complexity index is 604. The summed E-state index contributed by atoms with van der Waals surface area (Å²) >= 11 is 0. The molecular weight excluding hydrogens is 272 g/mol. The molecule has 0 spiro atoms. The van der Waals surface area contributed by atoms with Crippen LogP contribution in [-0.4, -0.2) is 29.1 Å². The van der Waals surface area contributed by atoms with Gasteiger partial charge in [-0.25, -0.2) is 9.97 Å². The molecule has 1 saturated heterocycles. The molecule has 0 amide bonds. The molecule has 0 saturated carbocycles. The quantitative estimate of drug-likeness (QED) is 0.942. The molecule has 3 rings (SSSR count). The second-order valence-corrected chi connectivity index (χ2v) is 5.98. The Morgan fingerprint density at radius 3 is 2.55 bits per heavy atom. The monoisotopic (exact) mass is 296 g/mol. The summed E-state index contributed by atoms with van der Waals surface area (Å²) in [6, 6.07) is 12.7. The van der Waals surface area contributed by atoms with Gasteiger partial charge in [0.15, 0.2) is 5.82 Å². The minimum Gasteiger partial charge on any atom is -0.356 e. The molecule has 116 valence electrons. The maximum absolute atomic E-state index is 6.01. The number of piperidine rings is 1. The summed E-state index contributed by atoms with van der Waals surface area (Å²) in [4.78, 5) is 11.9. The van der Waals surface area contributed by atoms with E-state index < -0.39 is 0 Å². The molecule has 4 nitrogen and oxygen atoms in total. The van der Waals surface area contributed by atoms with Crippen LogP contribution in [0.15, 0.2) is 36.4 Å². The van der Waals surface area contributed by atoms with Gasteiger partial charge in [0.2, 0.25) is 0 Å². The Labute approximate surface area is 132 Å². The molecule has 1 aliphatic rings. The van der Waals surface area contributed by atoms with Crippen LogP contribution >= 0.6 is 0 Å². The molecule has 4 heteroatoms. The van der Waals surface area contributed by atoms with Crippen LogP contribution in [0, 0.1) is 0 Å². The average molecular weight is 296 g/mol. The highest BCUT2D eigenvalue weighted by molar-refractivity contribution is 5.58. The summed E-state index contributed by atoms with van der Waals surface area (Å²) in [6.07, 6.45) is 4.15. The van der Waals surface area contributed by atoms with Gasteiger partial charge in [-0.2, -0.15) is 0 Å². The third-order valence-corrected chi connectivity index (χ3v) is 4.17. The maximum atomic E-state index is 6.01. The Balaban J connectivity index is 1.93. The average Bonchev–Trinajstić information content (AvgIpc) is 2.56. The van der Waals surface area contributed by atoms with Gasteiger partial charge in [-0.05, 0) is 19.3 Å². The summed E-state index contributed by atoms with van der Waals surface area (Å²) in [6.45, 7) is 4.15. The van der Waals surface area contributed by atoms with E-state index in [1.807, 2.05) is 18.2 Å². The molecule has 22 heavy (non-hydrogen) atoms. The number of anilines is 1. The summed E-state index contributed by atoms with van der Waals surface area (Å²) in [5, 5.41) is 0. The van der Waals surface area contributed by atoms with Crippen LogP contribution in [0.2, 0.25) is 0 Å². The van der Waals surface area contributed by atoms with Crippen molar-refractivity contribution in [1.29, 1.82) is 0 Å². The normalized spacial score (nSPS) is 16.0. The number of aromatic nitrogens is 2. The zero-order valence-electron chi connectivity index (χ0n) is 13.2. The van der Waals surface area contributed by atoms with E-state index in [2.05, 4.69) is 30.0 Å². The number of benzene rings is 1. The number of hydrogen-bond acceptors (Lipinski definition) is 4. The molecule has 1 aliphatic heterocycles. The molecular formula is C18H24N4. The van der Waals surface area contributed by atoms with Crippen LogP contribution in [0.25, 0.3) is 11.4 Å². The predicted molar refractivity (Wildman–Crippen MR) is 90.9 cm³/mol. The first-order valence-electron chi connectivity index (χ1n) is 8.20. The van der Waals surface area contributed by atoms with Gasteiger partial charge in [0, 0.05) is 36.5 Å². The summed E-state index contributed by atoms with van der Waals surface area (Å²) in [5.41, 5.74) is 8.22. The van der Waals surface area contributed by atoms with E-state index in [9.17, 15) is 0 Å². The van der Waals surface area contributed by atoms with Crippen molar-refractivity contribution in [2.45, 2.75) is 38.6 Å². The van der Waals surface area contributed by atoms with E-state index >= 15 is 0 Å². The molecule has 2 N–H and O–H groups in total. The largest absolute Gasteiger partial charge is 0.356 e. The lowest BCUT2D eigenvalue weighted by Gasteiger charge is -2.31. The van der Waals surface area contributed by atoms with Crippen molar-refractivity contribution in [1.82, 2.24) is 9.97 Å². The van der Waals surface area contributed by atoms with E-state index in [0.29, 0.717) is 6.04 Å². The third-order valence-electron chi connectivity index (χ3n) is 4.17. The highest BCUT2D eigenvalue weighted by atomic mass is 15.2. The second-order valence-electron chi connectivity index (χ2n) is 5.98. The molecule has 2 aromatic rings. The van der Waals surface area contributed by atoms with E-state index in [0.717, 1.165) is 61.7 Å². The first-order valence-corrected chi connectivity index (χ1v) is 8.20. The van der Waals surface area contributed by atoms with Crippen molar-refractivity contribution >= 4 is 5.82 Å². The van der Waals surface area contributed by atoms with Crippen LogP contribution in [-0.2, 0) is 6.42 Å². The summed E-state index contributed by atoms with van der Waals surface area (Å²) < 4.78 is 0. The number of rotatable bonds is 4. The maximum Gasteiger partial charge on any atom is 0.161 e. The molecule has 0 unspecified atom stereocenters. The van der Waals surface area contributed by atoms with Gasteiger partial charge < -0.3 is 10.6 Å². The molecule has 2 heterocycles. The van der Waals surface area contributed by atoms with E-state index in [4.69, 9.17) is 15.7 Å². The highest BCUT2D eigenvalue weighted by Gasteiger charge is 2.18. The second kappa shape index (κ2) is 6.88. The number of hydrogen-bond donors (Lipinski definition) is 1. The Morgan fingerprint density at radius 2 is 1.86 bits per heavy atom. The molecule has 1 aromatic heterocycles. The molecule has 1 fully saturated rings. The predicted octanol–water partition coefficient (Wildman–Crippen LogP) is 3.02. The summed E-state index contributed by atoms with van der Waals surface area (Å²) in [5.74, 6) is 1.88. The zero-order valence-corrected chi connectivity index (χ0v) is 13.2. The van der Waals surface area contributed by atoms with Gasteiger partial charge in [0.05, 0.1) is 0 Å². The highest BCUT2D eigenvalue weighted by Crippen LogP contribution is 2.23. The molecule has 0 aliphatic carbocycles. The molecule has 1 aromatic carbocycles. The third kappa shape index (κ3) is 3.45. The van der Waals surface area contributed by atoms with Crippen molar-refractivity contribution in [3.8, 4) is 11.4 Å². The smallest absolute Gasteiger partial charge is 0.161 e. The van der Waals surface area contributed by atoms with Crippen molar-refractivity contribution < 1.29 is 0 Å². The van der Waals surface area contributed by atoms with Crippen LogP contribution in [0.3, 0.4) is 0 Å². The fraction of sp³-hybridized carbons (Fsp3) is 0.444. The van der Waals surface area contributed by atoms with Crippen molar-refractivity contribution in [3.05, 3.63) is 42.1 Å². The van der Waals surface area contributed by atoms with E-state index in [-0.39, 0.29) is 0 Å². The van der Waals surface area contributed by atoms with Crippen molar-refractivity contribution in [2.75, 3.05) is 18.0 Å². The molecule has 0 atom stereocenters. The van der Waals surface area contributed by atoms with Crippen LogP contribution in [0.1, 0.15) is 31.9 Å². The van der Waals surface area contributed by atoms with Crippen LogP contribution in [0.5, 0.6) is 0 Å². The lowest BCUT2D eigenvalue weighted by atomic mass is 10.1. The fourth-order valence-electron chi connectivity index (χ4n) is 2.87. The van der Waals surface area contributed by atoms with Crippen LogP contribution in [0.4, 0.5) is 5.82 Å². The fourth-order valence-corrected chi connectivity index (χ4v) is 2.87. The van der Waals surface area contributed by atoms with Gasteiger partial charge in [-0.3, -0.25) is 0 Å². The zero-order chi connectivity index (χ0) is 15.4. The lowest BCUT2D eigenvalue weighted by molar-refractivity contribution is 0.498. The Morgan fingerprint density at radius 1 is 1.14 bits per heavy atom. The van der Waals surface area contributed by atoms with E-state index in [1.165, 1.54) is 0 Å². The van der Waals surface area contributed by atoms with Gasteiger partial charge in [-0.15, -0.1) is 0 Å². The Hall–Kier alpha value is -1.94. The standard InChI is InChI=1S/C18H24N4/c1-2-6-16-13-17(22-11-9-15(19)10-12-22)21-18(20-16)14-7-4-3-5-8-14/h3-5,7-8,13,15H,2,6,9-12,19H2,1H3. The van der Waals surface area contributed by atoms with Crippen molar-refractivity contribution in [3.63, 3.8) is 0 Å². The topological polar surface area (TPSA) is 55.0 Å². The van der Waals surface area contributed by atoms with Crippen molar-refractivity contribution in [2.24, 2.45) is 5.73 Å². The van der Waals surface area contributed by atoms with Gasteiger partial charge >= 0.3 is 0 Å². The number of nitrogens with two attached hydrogens (primary N) is 1.